The number of phenolic OH excluding ortho intramolecular Hbond substituents is 1. The van der Waals surface area contributed by atoms with E-state index in [1.165, 1.54) is 11.3 Å². The molecule has 4 nitrogen and oxygen atoms in total. The molecule has 0 aliphatic rings. The van der Waals surface area contributed by atoms with Gasteiger partial charge in [0, 0.05) is 26.8 Å². The Hall–Kier alpha value is -2.96. The average Bonchev–Trinajstić information content (AvgIpc) is 2.70. The molecule has 0 bridgehead atoms. The molecule has 4 aromatic rings. The summed E-state index contributed by atoms with van der Waals surface area (Å²) in [5.41, 5.74) is 2.48. The molecule has 6 heteroatoms. The number of phenols is 1. The second-order valence-corrected chi connectivity index (χ2v) is 10.00. The quantitative estimate of drug-likeness (QED) is 0.504. The van der Waals surface area contributed by atoms with Crippen molar-refractivity contribution in [2.45, 2.75) is 11.8 Å². The largest absolute Gasteiger partial charge is 0.508 e. The molecular formula is C23H18O4S2. The van der Waals surface area contributed by atoms with Crippen molar-refractivity contribution >= 4 is 31.3 Å². The molecule has 0 aliphatic heterocycles. The number of sulfone groups is 1. The maximum atomic E-state index is 13.4. The van der Waals surface area contributed by atoms with Crippen LogP contribution in [0.15, 0.2) is 76.4 Å². The van der Waals surface area contributed by atoms with Crippen LogP contribution in [-0.2, 0) is 9.84 Å². The van der Waals surface area contributed by atoms with Gasteiger partial charge in [-0.2, -0.15) is 0 Å². The molecule has 0 amide bonds. The van der Waals surface area contributed by atoms with Gasteiger partial charge in [-0.3, -0.25) is 4.79 Å². The zero-order valence-corrected chi connectivity index (χ0v) is 17.5. The van der Waals surface area contributed by atoms with Crippen LogP contribution in [-0.4, -0.2) is 19.8 Å². The normalized spacial score (nSPS) is 11.7. The zero-order chi connectivity index (χ0) is 20.8. The SMILES string of the molecule is Cc1ccc(-c2c(-c3ccc(S(C)(=O)=O)cc3)sc3ccccc3c2=O)cc1O. The fraction of sp³-hybridized carbons (Fsp3) is 0.0870. The van der Waals surface area contributed by atoms with Gasteiger partial charge in [0.05, 0.1) is 4.90 Å². The van der Waals surface area contributed by atoms with Gasteiger partial charge in [0.15, 0.2) is 15.3 Å². The Kier molecular flexibility index (Phi) is 4.76. The summed E-state index contributed by atoms with van der Waals surface area (Å²) < 4.78 is 24.4. The molecule has 0 fully saturated rings. The molecule has 1 N–H and O–H groups in total. The third-order valence-electron chi connectivity index (χ3n) is 4.84. The molecule has 0 spiro atoms. The Bertz CT molecular complexity index is 1400. The van der Waals surface area contributed by atoms with E-state index in [0.717, 1.165) is 27.0 Å². The first-order valence-electron chi connectivity index (χ1n) is 8.92. The Labute approximate surface area is 172 Å². The van der Waals surface area contributed by atoms with Crippen LogP contribution >= 0.6 is 11.3 Å². The van der Waals surface area contributed by atoms with Gasteiger partial charge in [0.2, 0.25) is 0 Å². The Balaban J connectivity index is 2.04. The van der Waals surface area contributed by atoms with Crippen LogP contribution in [0.2, 0.25) is 0 Å². The number of fused-ring (bicyclic) bond motifs is 1. The summed E-state index contributed by atoms with van der Waals surface area (Å²) in [7, 11) is -3.31. The Morgan fingerprint density at radius 3 is 2.21 bits per heavy atom. The molecule has 0 radical (unpaired) electrons. The summed E-state index contributed by atoms with van der Waals surface area (Å²) in [5, 5.41) is 10.8. The van der Waals surface area contributed by atoms with Gasteiger partial charge in [-0.1, -0.05) is 36.4 Å². The number of aromatic hydroxyl groups is 1. The molecule has 0 saturated carbocycles. The van der Waals surface area contributed by atoms with E-state index in [2.05, 4.69) is 0 Å². The van der Waals surface area contributed by atoms with Crippen molar-refractivity contribution in [3.8, 4) is 27.3 Å². The molecule has 29 heavy (non-hydrogen) atoms. The second-order valence-electron chi connectivity index (χ2n) is 6.93. The van der Waals surface area contributed by atoms with Crippen LogP contribution in [0, 0.1) is 6.92 Å². The predicted molar refractivity (Wildman–Crippen MR) is 118 cm³/mol. The van der Waals surface area contributed by atoms with Gasteiger partial charge >= 0.3 is 0 Å². The molecule has 146 valence electrons. The van der Waals surface area contributed by atoms with E-state index < -0.39 is 9.84 Å². The molecule has 1 heterocycles. The maximum absolute atomic E-state index is 13.4. The minimum atomic E-state index is -3.31. The zero-order valence-electron chi connectivity index (χ0n) is 15.8. The lowest BCUT2D eigenvalue weighted by Gasteiger charge is -2.12. The smallest absolute Gasteiger partial charge is 0.196 e. The standard InChI is InChI=1S/C23H18O4S2/c1-14-7-8-16(13-19(14)24)21-22(25)18-5-3-4-6-20(18)28-23(21)15-9-11-17(12-10-15)29(2,26)27/h3-13,24H,1-2H3. The summed E-state index contributed by atoms with van der Waals surface area (Å²) in [5.74, 6) is 0.124. The molecule has 0 unspecified atom stereocenters. The topological polar surface area (TPSA) is 71.4 Å². The monoisotopic (exact) mass is 422 g/mol. The van der Waals surface area contributed by atoms with Crippen LogP contribution in [0.4, 0.5) is 0 Å². The highest BCUT2D eigenvalue weighted by atomic mass is 32.2. The first-order valence-corrected chi connectivity index (χ1v) is 11.6. The summed E-state index contributed by atoms with van der Waals surface area (Å²) in [4.78, 5) is 14.3. The molecule has 0 saturated heterocycles. The Morgan fingerprint density at radius 1 is 0.897 bits per heavy atom. The molecule has 0 aliphatic carbocycles. The van der Waals surface area contributed by atoms with Crippen LogP contribution in [0.5, 0.6) is 5.75 Å². The van der Waals surface area contributed by atoms with Crippen molar-refractivity contribution in [2.75, 3.05) is 6.26 Å². The fourth-order valence-electron chi connectivity index (χ4n) is 3.23. The molecule has 1 aromatic heterocycles. The van der Waals surface area contributed by atoms with Crippen LogP contribution < -0.4 is 5.43 Å². The lowest BCUT2D eigenvalue weighted by atomic mass is 9.99. The minimum absolute atomic E-state index is 0.121. The first-order chi connectivity index (χ1) is 13.8. The van der Waals surface area contributed by atoms with Gasteiger partial charge in [0.1, 0.15) is 5.75 Å². The van der Waals surface area contributed by atoms with Crippen LogP contribution in [0.25, 0.3) is 31.7 Å². The average molecular weight is 423 g/mol. The van der Waals surface area contributed by atoms with Gasteiger partial charge in [0.25, 0.3) is 0 Å². The summed E-state index contributed by atoms with van der Waals surface area (Å²) in [6, 6.07) is 19.1. The summed E-state index contributed by atoms with van der Waals surface area (Å²) >= 11 is 1.47. The number of hydrogen-bond donors (Lipinski definition) is 1. The molecule has 3 aromatic carbocycles. The van der Waals surface area contributed by atoms with E-state index in [1.54, 1.807) is 49.4 Å². The van der Waals surface area contributed by atoms with Crippen LogP contribution in [0.1, 0.15) is 5.56 Å². The number of hydrogen-bond acceptors (Lipinski definition) is 5. The maximum Gasteiger partial charge on any atom is 0.196 e. The fourth-order valence-corrected chi connectivity index (χ4v) is 5.06. The lowest BCUT2D eigenvalue weighted by molar-refractivity contribution is 0.471. The minimum Gasteiger partial charge on any atom is -0.508 e. The van der Waals surface area contributed by atoms with E-state index >= 15 is 0 Å². The van der Waals surface area contributed by atoms with Crippen molar-refractivity contribution in [1.82, 2.24) is 0 Å². The highest BCUT2D eigenvalue weighted by Crippen LogP contribution is 2.38. The highest BCUT2D eigenvalue weighted by Gasteiger charge is 2.17. The van der Waals surface area contributed by atoms with E-state index in [9.17, 15) is 18.3 Å². The molecule has 0 atom stereocenters. The van der Waals surface area contributed by atoms with Crippen molar-refractivity contribution in [3.63, 3.8) is 0 Å². The summed E-state index contributed by atoms with van der Waals surface area (Å²) in [6.07, 6.45) is 1.16. The van der Waals surface area contributed by atoms with Gasteiger partial charge in [-0.15, -0.1) is 11.3 Å². The third kappa shape index (κ3) is 3.57. The number of rotatable bonds is 3. The van der Waals surface area contributed by atoms with E-state index in [-0.39, 0.29) is 16.1 Å². The number of benzene rings is 3. The van der Waals surface area contributed by atoms with Crippen molar-refractivity contribution in [2.24, 2.45) is 0 Å². The first kappa shape index (κ1) is 19.4. The van der Waals surface area contributed by atoms with Crippen molar-refractivity contribution in [1.29, 1.82) is 0 Å². The van der Waals surface area contributed by atoms with Crippen molar-refractivity contribution in [3.05, 3.63) is 82.5 Å². The predicted octanol–water partition coefficient (Wildman–Crippen LogP) is 5.01. The highest BCUT2D eigenvalue weighted by molar-refractivity contribution is 7.90. The van der Waals surface area contributed by atoms with Gasteiger partial charge in [-0.25, -0.2) is 8.42 Å². The molecule has 4 rings (SSSR count). The third-order valence-corrected chi connectivity index (χ3v) is 7.19. The van der Waals surface area contributed by atoms with E-state index in [4.69, 9.17) is 0 Å². The van der Waals surface area contributed by atoms with Gasteiger partial charge < -0.3 is 5.11 Å². The lowest BCUT2D eigenvalue weighted by Crippen LogP contribution is -2.06. The van der Waals surface area contributed by atoms with E-state index in [1.807, 2.05) is 24.3 Å². The molecular weight excluding hydrogens is 404 g/mol. The van der Waals surface area contributed by atoms with Gasteiger partial charge in [-0.05, 0) is 53.9 Å². The van der Waals surface area contributed by atoms with Crippen LogP contribution in [0.3, 0.4) is 0 Å². The Morgan fingerprint density at radius 2 is 1.55 bits per heavy atom. The number of aryl methyl sites for hydroxylation is 1. The van der Waals surface area contributed by atoms with Crippen molar-refractivity contribution < 1.29 is 13.5 Å². The van der Waals surface area contributed by atoms with E-state index in [0.29, 0.717) is 16.5 Å². The summed E-state index contributed by atoms with van der Waals surface area (Å²) in [6.45, 7) is 1.80. The second kappa shape index (κ2) is 7.13.